The topological polar surface area (TPSA) is 120 Å². The van der Waals surface area contributed by atoms with Crippen molar-refractivity contribution in [3.8, 4) is 0 Å². The number of carbonyl (C=O) groups is 2. The molecule has 2 aromatic carbocycles. The van der Waals surface area contributed by atoms with Crippen molar-refractivity contribution in [2.45, 2.75) is 0 Å². The Labute approximate surface area is 121 Å². The lowest BCUT2D eigenvalue weighted by molar-refractivity contribution is 0.0979. The number of hydrogen-bond donors (Lipinski definition) is 2. The molecular weight excluding hydrogens is 292 g/mol. The second kappa shape index (κ2) is 5.57. The predicted molar refractivity (Wildman–Crippen MR) is 77.0 cm³/mol. The van der Waals surface area contributed by atoms with Gasteiger partial charge < -0.3 is 0 Å². The molecule has 108 valence electrons. The summed E-state index contributed by atoms with van der Waals surface area (Å²) in [4.78, 5) is 24.2. The van der Waals surface area contributed by atoms with Gasteiger partial charge in [0, 0.05) is 22.3 Å². The van der Waals surface area contributed by atoms with E-state index in [9.17, 15) is 18.0 Å². The fraction of sp³-hybridized carbons (Fsp3) is 0. The quantitative estimate of drug-likeness (QED) is 0.632. The summed E-state index contributed by atoms with van der Waals surface area (Å²) in [5.74, 6) is -0.128. The summed E-state index contributed by atoms with van der Waals surface area (Å²) in [6, 6.07) is 13.9. The van der Waals surface area contributed by atoms with Gasteiger partial charge in [-0.1, -0.05) is 48.5 Å². The van der Waals surface area contributed by atoms with Gasteiger partial charge in [0.15, 0.2) is 11.6 Å². The number of nitrogens with two attached hydrogens (primary N) is 2. The zero-order valence-corrected chi connectivity index (χ0v) is 11.6. The van der Waals surface area contributed by atoms with Crippen molar-refractivity contribution in [3.63, 3.8) is 0 Å². The molecule has 0 bridgehead atoms. The van der Waals surface area contributed by atoms with Crippen LogP contribution in [0.2, 0.25) is 0 Å². The van der Waals surface area contributed by atoms with Crippen molar-refractivity contribution in [1.29, 1.82) is 0 Å². The lowest BCUT2D eigenvalue weighted by Gasteiger charge is -2.16. The Bertz CT molecular complexity index is 715. The summed E-state index contributed by atoms with van der Waals surface area (Å²) in [6.45, 7) is 0. The first-order valence-electron chi connectivity index (χ1n) is 5.87. The molecule has 0 saturated carbocycles. The van der Waals surface area contributed by atoms with E-state index in [1.807, 2.05) is 0 Å². The van der Waals surface area contributed by atoms with Crippen molar-refractivity contribution < 1.29 is 18.0 Å². The van der Waals surface area contributed by atoms with Crippen LogP contribution >= 0.6 is 0 Å². The Kier molecular flexibility index (Phi) is 3.99. The van der Waals surface area contributed by atoms with Crippen LogP contribution in [0.25, 0.3) is 0 Å². The molecule has 1 aliphatic carbocycles. The summed E-state index contributed by atoms with van der Waals surface area (Å²) < 4.78 is 18.4. The monoisotopic (exact) mass is 304 g/mol. The van der Waals surface area contributed by atoms with Gasteiger partial charge >= 0.3 is 0 Å². The minimum absolute atomic E-state index is 0.0641. The van der Waals surface area contributed by atoms with Crippen LogP contribution in [0, 0.1) is 0 Å². The van der Waals surface area contributed by atoms with E-state index >= 15 is 0 Å². The molecule has 3 rings (SSSR count). The normalized spacial score (nSPS) is 12.9. The second-order valence-corrected chi connectivity index (χ2v) is 5.52. The Balaban J connectivity index is 0.000000282. The first-order valence-corrected chi connectivity index (χ1v) is 7.48. The van der Waals surface area contributed by atoms with Crippen molar-refractivity contribution in [2.75, 3.05) is 0 Å². The van der Waals surface area contributed by atoms with E-state index in [1.54, 1.807) is 48.5 Å². The Morgan fingerprint density at radius 2 is 0.810 bits per heavy atom. The molecule has 7 heteroatoms. The molecular formula is C14H12N2O4S. The molecule has 0 atom stereocenters. The molecule has 4 N–H and O–H groups in total. The van der Waals surface area contributed by atoms with E-state index in [0.29, 0.717) is 22.3 Å². The number of hydrogen-bond acceptors (Lipinski definition) is 4. The summed E-state index contributed by atoms with van der Waals surface area (Å²) in [6.07, 6.45) is 0. The maximum absolute atomic E-state index is 12.1. The number of ketones is 2. The maximum Gasteiger partial charge on any atom is 0.271 e. The van der Waals surface area contributed by atoms with Gasteiger partial charge in [0.2, 0.25) is 0 Å². The molecule has 0 aliphatic heterocycles. The summed E-state index contributed by atoms with van der Waals surface area (Å²) >= 11 is 0. The van der Waals surface area contributed by atoms with Crippen molar-refractivity contribution >= 4 is 21.8 Å². The summed E-state index contributed by atoms with van der Waals surface area (Å²) in [5.41, 5.74) is 2.02. The summed E-state index contributed by atoms with van der Waals surface area (Å²) in [5, 5.41) is 8.21. The van der Waals surface area contributed by atoms with Gasteiger partial charge in [-0.05, 0) is 0 Å². The van der Waals surface area contributed by atoms with Crippen LogP contribution in [0.3, 0.4) is 0 Å². The van der Waals surface area contributed by atoms with Gasteiger partial charge in [-0.25, -0.2) is 10.3 Å². The summed E-state index contributed by atoms with van der Waals surface area (Å²) in [7, 11) is -3.67. The molecule has 1 aliphatic rings. The molecule has 0 unspecified atom stereocenters. The highest BCUT2D eigenvalue weighted by molar-refractivity contribution is 7.86. The van der Waals surface area contributed by atoms with E-state index in [2.05, 4.69) is 10.3 Å². The van der Waals surface area contributed by atoms with E-state index in [0.717, 1.165) is 0 Å². The first kappa shape index (κ1) is 15.0. The van der Waals surface area contributed by atoms with E-state index < -0.39 is 10.2 Å². The standard InChI is InChI=1S/C14H8O2.H4N2O2S/c15-13-9-5-1-2-6-10(9)14(16)12-8-4-3-7-11(12)13;1-5(2,3)4/h1-8H;(H4,1,2,3,4). The minimum atomic E-state index is -3.67. The van der Waals surface area contributed by atoms with E-state index in [4.69, 9.17) is 0 Å². The Morgan fingerprint density at radius 3 is 1.00 bits per heavy atom. The predicted octanol–water partition coefficient (Wildman–Crippen LogP) is 0.611. The average molecular weight is 304 g/mol. The van der Waals surface area contributed by atoms with Crippen molar-refractivity contribution in [1.82, 2.24) is 0 Å². The molecule has 0 heterocycles. The third-order valence-corrected chi connectivity index (χ3v) is 2.83. The van der Waals surface area contributed by atoms with Crippen LogP contribution in [-0.2, 0) is 10.2 Å². The van der Waals surface area contributed by atoms with Crippen LogP contribution in [0.1, 0.15) is 31.8 Å². The van der Waals surface area contributed by atoms with E-state index in [1.165, 1.54) is 0 Å². The lowest BCUT2D eigenvalue weighted by Crippen LogP contribution is -2.21. The molecule has 0 radical (unpaired) electrons. The number of carbonyl (C=O) groups excluding carboxylic acids is 2. The number of benzene rings is 2. The molecule has 0 amide bonds. The fourth-order valence-electron chi connectivity index (χ4n) is 2.05. The molecule has 2 aromatic rings. The van der Waals surface area contributed by atoms with Gasteiger partial charge in [0.05, 0.1) is 0 Å². The van der Waals surface area contributed by atoms with Crippen LogP contribution in [-0.4, -0.2) is 20.0 Å². The van der Waals surface area contributed by atoms with Crippen LogP contribution in [0.4, 0.5) is 0 Å². The SMILES string of the molecule is NS(N)(=O)=O.O=C1c2ccccc2C(=O)c2ccccc21. The first-order chi connectivity index (χ1) is 9.79. The minimum Gasteiger partial charge on any atom is -0.289 e. The van der Waals surface area contributed by atoms with Crippen LogP contribution < -0.4 is 10.3 Å². The van der Waals surface area contributed by atoms with Gasteiger partial charge in [-0.15, -0.1) is 0 Å². The highest BCUT2D eigenvalue weighted by Crippen LogP contribution is 2.26. The zero-order valence-electron chi connectivity index (χ0n) is 10.8. The largest absolute Gasteiger partial charge is 0.289 e. The fourth-order valence-corrected chi connectivity index (χ4v) is 2.05. The Hall–Kier alpha value is -2.35. The Morgan fingerprint density at radius 1 is 0.619 bits per heavy atom. The lowest BCUT2D eigenvalue weighted by atomic mass is 9.84. The van der Waals surface area contributed by atoms with Gasteiger partial charge in [0.1, 0.15) is 0 Å². The molecule has 0 fully saturated rings. The number of fused-ring (bicyclic) bond motifs is 2. The maximum atomic E-state index is 12.1. The van der Waals surface area contributed by atoms with Crippen LogP contribution in [0.5, 0.6) is 0 Å². The smallest absolute Gasteiger partial charge is 0.271 e. The average Bonchev–Trinajstić information content (AvgIpc) is 2.43. The zero-order chi connectivity index (χ0) is 15.6. The molecule has 0 spiro atoms. The van der Waals surface area contributed by atoms with E-state index in [-0.39, 0.29) is 11.6 Å². The highest BCUT2D eigenvalue weighted by atomic mass is 32.2. The second-order valence-electron chi connectivity index (χ2n) is 4.34. The van der Waals surface area contributed by atoms with Gasteiger partial charge in [0.25, 0.3) is 10.2 Å². The van der Waals surface area contributed by atoms with Gasteiger partial charge in [-0.3, -0.25) is 9.59 Å². The molecule has 21 heavy (non-hydrogen) atoms. The third-order valence-electron chi connectivity index (χ3n) is 2.83. The van der Waals surface area contributed by atoms with Gasteiger partial charge in [-0.2, -0.15) is 8.42 Å². The van der Waals surface area contributed by atoms with Crippen molar-refractivity contribution in [2.24, 2.45) is 10.3 Å². The van der Waals surface area contributed by atoms with Crippen LogP contribution in [0.15, 0.2) is 48.5 Å². The van der Waals surface area contributed by atoms with Crippen molar-refractivity contribution in [3.05, 3.63) is 70.8 Å². The third kappa shape index (κ3) is 3.40. The highest BCUT2D eigenvalue weighted by Gasteiger charge is 2.28. The number of rotatable bonds is 0. The molecule has 6 nitrogen and oxygen atoms in total. The molecule has 0 aromatic heterocycles. The molecule has 0 saturated heterocycles.